The number of nitrogens with one attached hydrogen (secondary N) is 4. The number of sulfonamides is 4. The van der Waals surface area contributed by atoms with Crippen LogP contribution in [0.25, 0.3) is 0 Å². The number of amides is 2. The summed E-state index contributed by atoms with van der Waals surface area (Å²) in [4.78, 5) is 65.9. The Morgan fingerprint density at radius 2 is 0.951 bits per heavy atom. The van der Waals surface area contributed by atoms with Gasteiger partial charge in [0.2, 0.25) is 20.0 Å². The number of anilines is 4. The molecule has 654 valence electrons. The largest absolute Gasteiger partial charge is 0.495 e. The van der Waals surface area contributed by atoms with Crippen LogP contribution < -0.4 is 44.1 Å². The minimum atomic E-state index is -4.28. The highest BCUT2D eigenvalue weighted by molar-refractivity contribution is 7.90. The van der Waals surface area contributed by atoms with E-state index in [0.717, 1.165) is 68.6 Å². The van der Waals surface area contributed by atoms with Crippen LogP contribution in [-0.4, -0.2) is 169 Å². The van der Waals surface area contributed by atoms with E-state index in [1.165, 1.54) is 96.3 Å². The molecule has 2 aliphatic rings. The van der Waals surface area contributed by atoms with Gasteiger partial charge in [-0.15, -0.1) is 0 Å². The van der Waals surface area contributed by atoms with Gasteiger partial charge in [0, 0.05) is 62.2 Å². The number of aliphatic imine (C=N–C) groups is 4. The predicted octanol–water partition coefficient (Wildman–Crippen LogP) is 16.8. The summed E-state index contributed by atoms with van der Waals surface area (Å²) in [5, 5.41) is 6.02. The summed E-state index contributed by atoms with van der Waals surface area (Å²) in [5.74, 6) is -1.14. The fourth-order valence-corrected chi connectivity index (χ4v) is 18.1. The zero-order valence-corrected chi connectivity index (χ0v) is 75.4. The molecule has 32 heteroatoms. The number of rotatable bonds is 44. The lowest BCUT2D eigenvalue weighted by Crippen LogP contribution is -2.47. The van der Waals surface area contributed by atoms with Gasteiger partial charge in [-0.05, 0) is 186 Å². The van der Waals surface area contributed by atoms with Crippen molar-refractivity contribution in [2.75, 3.05) is 106 Å². The molecule has 122 heavy (non-hydrogen) atoms. The van der Waals surface area contributed by atoms with Gasteiger partial charge in [-0.1, -0.05) is 161 Å². The van der Waals surface area contributed by atoms with Crippen molar-refractivity contribution in [1.29, 1.82) is 0 Å². The number of benzene rings is 8. The summed E-state index contributed by atoms with van der Waals surface area (Å²) >= 11 is 6.30. The Labute approximate surface area is 724 Å². The molecule has 2 amide bonds. The first-order valence-electron chi connectivity index (χ1n) is 41.1. The Morgan fingerprint density at radius 3 is 1.44 bits per heavy atom. The van der Waals surface area contributed by atoms with Gasteiger partial charge in [-0.2, -0.15) is 0 Å². The first-order chi connectivity index (χ1) is 58.4. The average molecular weight is 1770 g/mol. The molecule has 0 fully saturated rings. The maximum Gasteiger partial charge on any atom is 0.338 e. The van der Waals surface area contributed by atoms with Crippen molar-refractivity contribution in [2.45, 2.75) is 155 Å². The van der Waals surface area contributed by atoms with Crippen LogP contribution in [0.5, 0.6) is 17.2 Å². The van der Waals surface area contributed by atoms with E-state index < -0.39 is 57.9 Å². The summed E-state index contributed by atoms with van der Waals surface area (Å²) in [5.41, 5.74) is 6.79. The molecule has 4 N–H and O–H groups in total. The van der Waals surface area contributed by atoms with E-state index in [1.807, 2.05) is 93.8 Å². The molecular weight excluding hydrogens is 1650 g/mol. The van der Waals surface area contributed by atoms with Crippen LogP contribution in [0, 0.1) is 27.7 Å². The monoisotopic (exact) mass is 1760 g/mol. The van der Waals surface area contributed by atoms with Gasteiger partial charge in [-0.25, -0.2) is 76.5 Å². The third kappa shape index (κ3) is 27.2. The number of fused-ring (bicyclic) bond motifs is 2. The molecule has 8 aromatic carbocycles. The first-order valence-corrected chi connectivity index (χ1v) is 48.2. The molecule has 2 heterocycles. The SMILES string of the molecule is CCCCCCCCCCCCCCOC(=O)c1ccc(OC)c(NC(=O)C(=Nc2ccc(N(CC)CCNS(C)(=O)=O)cc2C)C2=Nc3ccccc3S(=O)(=O)N2Cc2ccccc2)c1.CCN(CCNS(C)(=O)=O)c1ccc(N=C(C(=O)Nc2cc(Cl)ccc2OC)C2=Nc3ccccc3S(=O)(=O)N2CCCCOc2ccc(C)cc2C)c(C)c1. The molecule has 27 nitrogen and oxygen atoms in total. The zero-order valence-electron chi connectivity index (χ0n) is 71.3. The van der Waals surface area contributed by atoms with E-state index in [-0.39, 0.29) is 99.7 Å². The number of ether oxygens (including phenoxy) is 4. The highest BCUT2D eigenvalue weighted by atomic mass is 35.5. The van der Waals surface area contributed by atoms with Gasteiger partial charge < -0.3 is 39.4 Å². The van der Waals surface area contributed by atoms with Gasteiger partial charge in [0.05, 0.1) is 86.2 Å². The second-order valence-corrected chi connectivity index (χ2v) is 37.5. The maximum atomic E-state index is 14.8. The van der Waals surface area contributed by atoms with Gasteiger partial charge in [-0.3, -0.25) is 9.59 Å². The molecule has 0 bridgehead atoms. The quantitative estimate of drug-likeness (QED) is 0.0157. The number of amidine groups is 2. The normalized spacial score (nSPS) is 13.6. The molecular formula is C90H113ClN12O15S4. The average Bonchev–Trinajstić information content (AvgIpc) is 0.748. The van der Waals surface area contributed by atoms with E-state index in [1.54, 1.807) is 103 Å². The Morgan fingerprint density at radius 1 is 0.492 bits per heavy atom. The van der Waals surface area contributed by atoms with Gasteiger partial charge >= 0.3 is 5.97 Å². The predicted molar refractivity (Wildman–Crippen MR) is 488 cm³/mol. The molecule has 10 rings (SSSR count). The van der Waals surface area contributed by atoms with E-state index in [4.69, 9.17) is 50.5 Å². The second kappa shape index (κ2) is 45.5. The number of nitrogens with zero attached hydrogens (tertiary/aromatic N) is 8. The summed E-state index contributed by atoms with van der Waals surface area (Å²) < 4.78 is 134. The highest BCUT2D eigenvalue weighted by Gasteiger charge is 2.41. The number of halogens is 1. The maximum absolute atomic E-state index is 14.8. The van der Waals surface area contributed by atoms with Crippen LogP contribution in [0.1, 0.15) is 149 Å². The van der Waals surface area contributed by atoms with Crippen molar-refractivity contribution < 1.29 is 67.0 Å². The number of hydrogen-bond donors (Lipinski definition) is 4. The molecule has 8 aromatic rings. The molecule has 0 aromatic heterocycles. The van der Waals surface area contributed by atoms with Crippen LogP contribution >= 0.6 is 11.6 Å². The minimum Gasteiger partial charge on any atom is -0.495 e. The molecule has 0 saturated carbocycles. The van der Waals surface area contributed by atoms with Crippen LogP contribution in [0.15, 0.2) is 200 Å². The Bertz CT molecular complexity index is 5580. The Kier molecular flexibility index (Phi) is 35.6. The van der Waals surface area contributed by atoms with Crippen LogP contribution in [0.3, 0.4) is 0 Å². The Balaban J connectivity index is 0.000000281. The number of carbonyl (C=O) groups excluding carboxylic acids is 3. The summed E-state index contributed by atoms with van der Waals surface area (Å²) in [6.45, 7) is 16.6. The molecule has 0 atom stereocenters. The van der Waals surface area contributed by atoms with Crippen LogP contribution in [0.2, 0.25) is 5.02 Å². The summed E-state index contributed by atoms with van der Waals surface area (Å²) in [6, 6.07) is 47.7. The van der Waals surface area contributed by atoms with Crippen molar-refractivity contribution in [1.82, 2.24) is 18.1 Å². The van der Waals surface area contributed by atoms with Gasteiger partial charge in [0.1, 0.15) is 27.0 Å². The zero-order chi connectivity index (χ0) is 88.2. The highest BCUT2D eigenvalue weighted by Crippen LogP contribution is 2.39. The second-order valence-electron chi connectivity index (χ2n) is 29.8. The standard InChI is InChI=1S/C50H66N6O8S2.C40H47ClN6O7S2/c1-6-8-9-10-11-12-13-14-15-16-17-23-34-64-50(58)40-28-31-45(63-4)44(36-40)54-49(57)47(52-42-30-29-41(35-38(42)3)55(7-2)33-32-51-65(5,59)60)48-53-43-26-21-22-27-46(43)66(61,62)56(48)37-39-24-19-18-20-25-39;1-7-46(22-20-42-55(6,49)50)31-16-17-32(28(3)25-31)43-38(40(48)45-34-26-30(41)15-19-36(34)53-5)39-44-33-12-8-9-13-37(33)56(51,52)47(39)21-10-11-23-54-35-18-14-27(2)24-29(35)4/h18-22,24-31,35-36,51H,6-17,23,32-34,37H2,1-5H3,(H,54,57);8-9,12-19,24-26,42H,7,10-11,20-23H2,1-6H3,(H,45,48). The van der Waals surface area contributed by atoms with E-state index in [9.17, 15) is 48.1 Å². The number of aryl methyl sites for hydroxylation is 4. The minimum absolute atomic E-state index is 0.0105. The summed E-state index contributed by atoms with van der Waals surface area (Å²) in [7, 11) is -12.3. The van der Waals surface area contributed by atoms with Crippen LogP contribution in [0.4, 0.5) is 45.5 Å². The number of methoxy groups -OCH3 is 2. The smallest absolute Gasteiger partial charge is 0.338 e. The third-order valence-corrected chi connectivity index (χ3v) is 25.6. The van der Waals surface area contributed by atoms with Crippen molar-refractivity contribution in [3.63, 3.8) is 0 Å². The number of hydrogen-bond acceptors (Lipinski definition) is 21. The first kappa shape index (κ1) is 95.3. The third-order valence-electron chi connectivity index (χ3n) is 20.3. The van der Waals surface area contributed by atoms with Crippen molar-refractivity contribution in [3.8, 4) is 17.2 Å². The van der Waals surface area contributed by atoms with Gasteiger partial charge in [0.25, 0.3) is 31.9 Å². The molecule has 0 aliphatic carbocycles. The molecule has 0 spiro atoms. The number of unbranched alkanes of at least 4 members (excludes halogenated alkanes) is 12. The molecule has 0 radical (unpaired) electrons. The van der Waals surface area contributed by atoms with E-state index in [0.29, 0.717) is 84.5 Å². The van der Waals surface area contributed by atoms with Gasteiger partial charge in [0.15, 0.2) is 23.1 Å². The topological polar surface area (TPSA) is 335 Å². The van der Waals surface area contributed by atoms with Crippen molar-refractivity contribution >= 4 is 138 Å². The number of carbonyl (C=O) groups is 3. The molecule has 0 saturated heterocycles. The molecule has 2 aliphatic heterocycles. The lowest BCUT2D eigenvalue weighted by Gasteiger charge is -2.30. The molecule has 0 unspecified atom stereocenters. The van der Waals surface area contributed by atoms with E-state index >= 15 is 0 Å². The van der Waals surface area contributed by atoms with Crippen molar-refractivity contribution in [2.24, 2.45) is 20.0 Å². The Hall–Kier alpha value is -10.5. The summed E-state index contributed by atoms with van der Waals surface area (Å²) in [6.07, 6.45) is 17.4. The lowest BCUT2D eigenvalue weighted by atomic mass is 10.1. The van der Waals surface area contributed by atoms with E-state index in [2.05, 4.69) is 27.0 Å². The van der Waals surface area contributed by atoms with Crippen LogP contribution in [-0.2, 0) is 61.0 Å². The van der Waals surface area contributed by atoms with Crippen molar-refractivity contribution in [3.05, 3.63) is 208 Å². The number of esters is 1. The fourth-order valence-electron chi connectivity index (χ4n) is 13.8. The lowest BCUT2D eigenvalue weighted by molar-refractivity contribution is -0.111. The number of para-hydroxylation sites is 2. The number of likely N-dealkylation sites (N-methyl/N-ethyl adjacent to an activating group) is 2. The fraction of sp³-hybridized carbons (Fsp3) is 0.389.